The SMILES string of the molecule is CC(C)N(C)CCNc1nc2ccc(N)cc2[nH]1. The Morgan fingerprint density at radius 3 is 2.94 bits per heavy atom. The molecule has 0 aliphatic heterocycles. The topological polar surface area (TPSA) is 70.0 Å². The molecule has 98 valence electrons. The Hall–Kier alpha value is -1.75. The first-order chi connectivity index (χ1) is 8.56. The Morgan fingerprint density at radius 1 is 1.44 bits per heavy atom. The summed E-state index contributed by atoms with van der Waals surface area (Å²) in [5.41, 5.74) is 8.38. The molecule has 0 aliphatic rings. The summed E-state index contributed by atoms with van der Waals surface area (Å²) in [6.45, 7) is 6.22. The van der Waals surface area contributed by atoms with E-state index < -0.39 is 0 Å². The number of anilines is 2. The van der Waals surface area contributed by atoms with Crippen LogP contribution in [0, 0.1) is 0 Å². The molecule has 0 bridgehead atoms. The molecule has 0 radical (unpaired) electrons. The monoisotopic (exact) mass is 247 g/mol. The summed E-state index contributed by atoms with van der Waals surface area (Å²) in [5, 5.41) is 3.29. The highest BCUT2D eigenvalue weighted by Gasteiger charge is 2.04. The molecule has 0 atom stereocenters. The maximum atomic E-state index is 5.73. The van der Waals surface area contributed by atoms with E-state index in [0.29, 0.717) is 6.04 Å². The number of H-pyrrole nitrogens is 1. The van der Waals surface area contributed by atoms with Crippen LogP contribution in [0.15, 0.2) is 18.2 Å². The molecule has 2 aromatic rings. The number of likely N-dealkylation sites (N-methyl/N-ethyl adjacent to an activating group) is 1. The number of nitrogens with one attached hydrogen (secondary N) is 2. The van der Waals surface area contributed by atoms with Crippen LogP contribution in [0.4, 0.5) is 11.6 Å². The van der Waals surface area contributed by atoms with Crippen molar-refractivity contribution in [3.8, 4) is 0 Å². The minimum atomic E-state index is 0.558. The number of fused-ring (bicyclic) bond motifs is 1. The van der Waals surface area contributed by atoms with Gasteiger partial charge in [0.25, 0.3) is 0 Å². The van der Waals surface area contributed by atoms with Crippen LogP contribution in [0.3, 0.4) is 0 Å². The quantitative estimate of drug-likeness (QED) is 0.706. The second-order valence-corrected chi connectivity index (χ2v) is 4.86. The number of imidazole rings is 1. The molecule has 0 fully saturated rings. The first-order valence-corrected chi connectivity index (χ1v) is 6.25. The number of aromatic nitrogens is 2. The minimum absolute atomic E-state index is 0.558. The predicted octanol–water partition coefficient (Wildman–Crippen LogP) is 1.90. The van der Waals surface area contributed by atoms with Crippen molar-refractivity contribution in [1.29, 1.82) is 0 Å². The van der Waals surface area contributed by atoms with Crippen LogP contribution >= 0.6 is 0 Å². The van der Waals surface area contributed by atoms with Gasteiger partial charge in [-0.1, -0.05) is 0 Å². The standard InChI is InChI=1S/C13H21N5/c1-9(2)18(3)7-6-15-13-16-11-5-4-10(14)8-12(11)17-13/h4-5,8-9H,6-7,14H2,1-3H3,(H2,15,16,17). The lowest BCUT2D eigenvalue weighted by Crippen LogP contribution is -2.31. The van der Waals surface area contributed by atoms with Gasteiger partial charge in [0, 0.05) is 24.8 Å². The Morgan fingerprint density at radius 2 is 2.22 bits per heavy atom. The minimum Gasteiger partial charge on any atom is -0.399 e. The fraction of sp³-hybridized carbons (Fsp3) is 0.462. The second kappa shape index (κ2) is 5.27. The zero-order valence-electron chi connectivity index (χ0n) is 11.2. The highest BCUT2D eigenvalue weighted by Crippen LogP contribution is 2.16. The van der Waals surface area contributed by atoms with Crippen LogP contribution in [0.25, 0.3) is 11.0 Å². The molecule has 5 heteroatoms. The zero-order chi connectivity index (χ0) is 13.1. The molecule has 0 saturated carbocycles. The van der Waals surface area contributed by atoms with Crippen molar-refractivity contribution in [1.82, 2.24) is 14.9 Å². The molecule has 0 saturated heterocycles. The molecule has 5 nitrogen and oxygen atoms in total. The van der Waals surface area contributed by atoms with Gasteiger partial charge < -0.3 is 20.9 Å². The molecule has 2 rings (SSSR count). The first-order valence-electron chi connectivity index (χ1n) is 6.25. The number of hydrogen-bond donors (Lipinski definition) is 3. The van der Waals surface area contributed by atoms with Gasteiger partial charge in [-0.05, 0) is 39.1 Å². The molecule has 0 amide bonds. The van der Waals surface area contributed by atoms with Crippen molar-refractivity contribution >= 4 is 22.7 Å². The van der Waals surface area contributed by atoms with Crippen molar-refractivity contribution in [3.05, 3.63) is 18.2 Å². The number of benzene rings is 1. The smallest absolute Gasteiger partial charge is 0.201 e. The Bertz CT molecular complexity index is 517. The summed E-state index contributed by atoms with van der Waals surface area (Å²) >= 11 is 0. The molecular formula is C13H21N5. The molecule has 1 aromatic carbocycles. The fourth-order valence-electron chi connectivity index (χ4n) is 1.72. The molecule has 0 unspecified atom stereocenters. The summed E-state index contributed by atoms with van der Waals surface area (Å²) in [6.07, 6.45) is 0. The Labute approximate surface area is 107 Å². The van der Waals surface area contributed by atoms with Crippen LogP contribution in [0.5, 0.6) is 0 Å². The average molecular weight is 247 g/mol. The lowest BCUT2D eigenvalue weighted by molar-refractivity contribution is 0.284. The predicted molar refractivity (Wildman–Crippen MR) is 76.8 cm³/mol. The molecule has 4 N–H and O–H groups in total. The van der Waals surface area contributed by atoms with Gasteiger partial charge >= 0.3 is 0 Å². The number of nitrogen functional groups attached to an aromatic ring is 1. The van der Waals surface area contributed by atoms with Gasteiger partial charge in [0.15, 0.2) is 0 Å². The van der Waals surface area contributed by atoms with Crippen LogP contribution in [-0.4, -0.2) is 41.0 Å². The van der Waals surface area contributed by atoms with Crippen LogP contribution in [0.1, 0.15) is 13.8 Å². The third-order valence-electron chi connectivity index (χ3n) is 3.14. The van der Waals surface area contributed by atoms with E-state index in [1.165, 1.54) is 0 Å². The molecule has 1 heterocycles. The maximum absolute atomic E-state index is 5.73. The lowest BCUT2D eigenvalue weighted by Gasteiger charge is -2.20. The van der Waals surface area contributed by atoms with E-state index in [4.69, 9.17) is 5.73 Å². The van der Waals surface area contributed by atoms with E-state index in [0.717, 1.165) is 35.8 Å². The fourth-order valence-corrected chi connectivity index (χ4v) is 1.72. The number of hydrogen-bond acceptors (Lipinski definition) is 4. The van der Waals surface area contributed by atoms with Gasteiger partial charge in [-0.2, -0.15) is 0 Å². The van der Waals surface area contributed by atoms with Gasteiger partial charge in [-0.15, -0.1) is 0 Å². The molecule has 0 spiro atoms. The Kier molecular flexibility index (Phi) is 3.72. The lowest BCUT2D eigenvalue weighted by atomic mass is 10.3. The van der Waals surface area contributed by atoms with Crippen molar-refractivity contribution in [3.63, 3.8) is 0 Å². The van der Waals surface area contributed by atoms with E-state index in [1.807, 2.05) is 18.2 Å². The zero-order valence-corrected chi connectivity index (χ0v) is 11.2. The van der Waals surface area contributed by atoms with Crippen molar-refractivity contribution in [2.45, 2.75) is 19.9 Å². The van der Waals surface area contributed by atoms with Gasteiger partial charge in [0.05, 0.1) is 11.0 Å². The van der Waals surface area contributed by atoms with E-state index in [-0.39, 0.29) is 0 Å². The van der Waals surface area contributed by atoms with Crippen molar-refractivity contribution < 1.29 is 0 Å². The van der Waals surface area contributed by atoms with Gasteiger partial charge in [0.1, 0.15) is 0 Å². The molecule has 1 aromatic heterocycles. The van der Waals surface area contributed by atoms with Crippen molar-refractivity contribution in [2.75, 3.05) is 31.2 Å². The van der Waals surface area contributed by atoms with Crippen LogP contribution < -0.4 is 11.1 Å². The molecule has 0 aliphatic carbocycles. The van der Waals surface area contributed by atoms with Crippen molar-refractivity contribution in [2.24, 2.45) is 0 Å². The summed E-state index contributed by atoms with van der Waals surface area (Å²) in [6, 6.07) is 6.24. The number of nitrogens with zero attached hydrogens (tertiary/aromatic N) is 2. The van der Waals surface area contributed by atoms with Gasteiger partial charge in [-0.3, -0.25) is 0 Å². The third-order valence-corrected chi connectivity index (χ3v) is 3.14. The van der Waals surface area contributed by atoms with E-state index in [2.05, 4.69) is 41.1 Å². The Balaban J connectivity index is 1.96. The van der Waals surface area contributed by atoms with Gasteiger partial charge in [0.2, 0.25) is 5.95 Å². The number of aromatic amines is 1. The first kappa shape index (κ1) is 12.7. The van der Waals surface area contributed by atoms with Crippen LogP contribution in [0.2, 0.25) is 0 Å². The highest BCUT2D eigenvalue weighted by atomic mass is 15.2. The van der Waals surface area contributed by atoms with E-state index in [9.17, 15) is 0 Å². The average Bonchev–Trinajstić information content (AvgIpc) is 2.70. The van der Waals surface area contributed by atoms with E-state index >= 15 is 0 Å². The van der Waals surface area contributed by atoms with Crippen LogP contribution in [-0.2, 0) is 0 Å². The highest BCUT2D eigenvalue weighted by molar-refractivity contribution is 5.80. The normalized spacial score (nSPS) is 11.6. The molecule has 18 heavy (non-hydrogen) atoms. The second-order valence-electron chi connectivity index (χ2n) is 4.86. The largest absolute Gasteiger partial charge is 0.399 e. The third kappa shape index (κ3) is 2.92. The van der Waals surface area contributed by atoms with Gasteiger partial charge in [-0.25, -0.2) is 4.98 Å². The number of rotatable bonds is 5. The summed E-state index contributed by atoms with van der Waals surface area (Å²) in [4.78, 5) is 9.96. The maximum Gasteiger partial charge on any atom is 0.201 e. The summed E-state index contributed by atoms with van der Waals surface area (Å²) < 4.78 is 0. The number of nitrogens with two attached hydrogens (primary N) is 1. The van der Waals surface area contributed by atoms with E-state index in [1.54, 1.807) is 0 Å². The summed E-state index contributed by atoms with van der Waals surface area (Å²) in [5.74, 6) is 0.799. The summed E-state index contributed by atoms with van der Waals surface area (Å²) in [7, 11) is 2.12. The molecular weight excluding hydrogens is 226 g/mol.